The minimum atomic E-state index is -0.406. The predicted octanol–water partition coefficient (Wildman–Crippen LogP) is 4.01. The number of rotatable bonds is 10. The number of aryl methyl sites for hydroxylation is 2. The minimum Gasteiger partial charge on any atom is -0.497 e. The Bertz CT molecular complexity index is 1170. The van der Waals surface area contributed by atoms with Crippen LogP contribution in [-0.4, -0.2) is 53.2 Å². The number of hydrogen-bond acceptors (Lipinski definition) is 7. The van der Waals surface area contributed by atoms with Crippen molar-refractivity contribution in [3.05, 3.63) is 71.3 Å². The quantitative estimate of drug-likeness (QED) is 0.333. The molecule has 3 rings (SSSR count). The molecule has 184 valence electrons. The van der Waals surface area contributed by atoms with Gasteiger partial charge in [0.25, 0.3) is 0 Å². The van der Waals surface area contributed by atoms with E-state index in [0.29, 0.717) is 27.9 Å². The topological polar surface area (TPSA) is 93.7 Å². The van der Waals surface area contributed by atoms with E-state index in [2.05, 4.69) is 15.3 Å². The second kappa shape index (κ2) is 12.2. The maximum Gasteiger partial charge on any atom is 0.244 e. The summed E-state index contributed by atoms with van der Waals surface area (Å²) in [6.45, 7) is 3.65. The fraction of sp³-hybridized carbons (Fsp3) is 0.280. The molecule has 0 aliphatic carbocycles. The molecule has 0 saturated heterocycles. The maximum atomic E-state index is 13.4. The molecule has 8 nitrogen and oxygen atoms in total. The Kier molecular flexibility index (Phi) is 9.02. The maximum absolute atomic E-state index is 13.4. The second-order valence-electron chi connectivity index (χ2n) is 7.71. The lowest BCUT2D eigenvalue weighted by Crippen LogP contribution is -2.38. The molecule has 35 heavy (non-hydrogen) atoms. The molecule has 0 aliphatic rings. The lowest BCUT2D eigenvalue weighted by atomic mass is 10.2. The Balaban J connectivity index is 1.73. The van der Waals surface area contributed by atoms with Crippen LogP contribution in [0, 0.1) is 19.7 Å². The van der Waals surface area contributed by atoms with Crippen LogP contribution in [0.3, 0.4) is 0 Å². The molecule has 0 bridgehead atoms. The van der Waals surface area contributed by atoms with Crippen LogP contribution in [-0.2, 0) is 16.1 Å². The summed E-state index contributed by atoms with van der Waals surface area (Å²) >= 11 is 1.20. The van der Waals surface area contributed by atoms with Gasteiger partial charge in [0.15, 0.2) is 5.16 Å². The van der Waals surface area contributed by atoms with E-state index < -0.39 is 5.91 Å². The normalized spacial score (nSPS) is 10.5. The number of ether oxygens (including phenoxy) is 2. The van der Waals surface area contributed by atoms with Gasteiger partial charge in [-0.15, -0.1) is 0 Å². The van der Waals surface area contributed by atoms with Crippen LogP contribution in [0.4, 0.5) is 10.1 Å². The molecule has 0 radical (unpaired) electrons. The number of anilines is 1. The Morgan fingerprint density at radius 3 is 2.31 bits per heavy atom. The van der Waals surface area contributed by atoms with E-state index in [9.17, 15) is 14.0 Å². The number of halogens is 1. The predicted molar refractivity (Wildman–Crippen MR) is 132 cm³/mol. The summed E-state index contributed by atoms with van der Waals surface area (Å²) < 4.78 is 23.9. The zero-order valence-corrected chi connectivity index (χ0v) is 20.8. The number of methoxy groups -OCH3 is 2. The molecular formula is C25H27FN4O4S. The van der Waals surface area contributed by atoms with Gasteiger partial charge in [-0.3, -0.25) is 9.59 Å². The molecule has 1 N–H and O–H groups in total. The van der Waals surface area contributed by atoms with Crippen LogP contribution in [0.25, 0.3) is 0 Å². The summed E-state index contributed by atoms with van der Waals surface area (Å²) in [5.41, 5.74) is 2.76. The zero-order valence-electron chi connectivity index (χ0n) is 20.0. The van der Waals surface area contributed by atoms with Crippen LogP contribution in [0.1, 0.15) is 17.0 Å². The van der Waals surface area contributed by atoms with E-state index in [1.807, 2.05) is 19.9 Å². The van der Waals surface area contributed by atoms with Crippen LogP contribution in [0.2, 0.25) is 0 Å². The SMILES string of the molecule is COc1ccc(NC(=O)CN(Cc2ccc(F)cc2)C(=O)CSc2nc(C)cc(C)n2)c(OC)c1. The van der Waals surface area contributed by atoms with Crippen LogP contribution >= 0.6 is 11.8 Å². The third kappa shape index (κ3) is 7.68. The first-order valence-corrected chi connectivity index (χ1v) is 11.7. The van der Waals surface area contributed by atoms with Gasteiger partial charge in [-0.2, -0.15) is 0 Å². The smallest absolute Gasteiger partial charge is 0.244 e. The third-order valence-electron chi connectivity index (χ3n) is 4.94. The van der Waals surface area contributed by atoms with Crippen LogP contribution in [0.15, 0.2) is 53.7 Å². The molecule has 2 aromatic carbocycles. The molecule has 2 amide bonds. The Morgan fingerprint density at radius 1 is 1.00 bits per heavy atom. The van der Waals surface area contributed by atoms with Gasteiger partial charge in [0.05, 0.1) is 25.7 Å². The van der Waals surface area contributed by atoms with Crippen molar-refractivity contribution in [3.8, 4) is 11.5 Å². The van der Waals surface area contributed by atoms with Gasteiger partial charge in [-0.05, 0) is 49.7 Å². The van der Waals surface area contributed by atoms with Gasteiger partial charge < -0.3 is 19.7 Å². The summed E-state index contributed by atoms with van der Waals surface area (Å²) in [6.07, 6.45) is 0. The molecular weight excluding hydrogens is 471 g/mol. The standard InChI is InChI=1S/C25H27FN4O4S/c1-16-11-17(2)28-25(27-16)35-15-24(32)30(13-18-5-7-19(26)8-6-18)14-23(31)29-21-10-9-20(33-3)12-22(21)34-4/h5-12H,13-15H2,1-4H3,(H,29,31). The zero-order chi connectivity index (χ0) is 25.4. The lowest BCUT2D eigenvalue weighted by Gasteiger charge is -2.22. The van der Waals surface area contributed by atoms with Crippen molar-refractivity contribution in [2.45, 2.75) is 25.5 Å². The largest absolute Gasteiger partial charge is 0.497 e. The molecule has 0 spiro atoms. The van der Waals surface area contributed by atoms with Gasteiger partial charge in [0, 0.05) is 24.0 Å². The van der Waals surface area contributed by atoms with Crippen LogP contribution < -0.4 is 14.8 Å². The number of nitrogens with one attached hydrogen (secondary N) is 1. The summed E-state index contributed by atoms with van der Waals surface area (Å²) in [6, 6.07) is 12.7. The number of carbonyl (C=O) groups is 2. The van der Waals surface area contributed by atoms with Crippen molar-refractivity contribution in [1.29, 1.82) is 0 Å². The van der Waals surface area contributed by atoms with Crippen molar-refractivity contribution in [2.75, 3.05) is 31.8 Å². The number of carbonyl (C=O) groups excluding carboxylic acids is 2. The monoisotopic (exact) mass is 498 g/mol. The van der Waals surface area contributed by atoms with Crippen LogP contribution in [0.5, 0.6) is 11.5 Å². The third-order valence-corrected chi connectivity index (χ3v) is 5.78. The molecule has 0 aliphatic heterocycles. The summed E-state index contributed by atoms with van der Waals surface area (Å²) in [7, 11) is 3.02. The molecule has 0 fully saturated rings. The highest BCUT2D eigenvalue weighted by Gasteiger charge is 2.20. The highest BCUT2D eigenvalue weighted by atomic mass is 32.2. The summed E-state index contributed by atoms with van der Waals surface area (Å²) in [5, 5.41) is 3.27. The Labute approximate surface area is 207 Å². The number of amides is 2. The van der Waals surface area contributed by atoms with Crippen molar-refractivity contribution in [1.82, 2.24) is 14.9 Å². The average Bonchev–Trinajstić information content (AvgIpc) is 2.83. The summed E-state index contributed by atoms with van der Waals surface area (Å²) in [4.78, 5) is 36.1. The second-order valence-corrected chi connectivity index (χ2v) is 8.66. The van der Waals surface area contributed by atoms with Crippen molar-refractivity contribution in [2.24, 2.45) is 0 Å². The first-order chi connectivity index (χ1) is 16.8. The van der Waals surface area contributed by atoms with Gasteiger partial charge in [-0.25, -0.2) is 14.4 Å². The van der Waals surface area contributed by atoms with Crippen molar-refractivity contribution < 1.29 is 23.5 Å². The first kappa shape index (κ1) is 26.0. The number of thioether (sulfide) groups is 1. The van der Waals surface area contributed by atoms with Gasteiger partial charge in [0.1, 0.15) is 23.9 Å². The van der Waals surface area contributed by atoms with E-state index in [-0.39, 0.29) is 30.6 Å². The molecule has 0 atom stereocenters. The van der Waals surface area contributed by atoms with E-state index in [4.69, 9.17) is 9.47 Å². The lowest BCUT2D eigenvalue weighted by molar-refractivity contribution is -0.132. The fourth-order valence-electron chi connectivity index (χ4n) is 3.28. The first-order valence-electron chi connectivity index (χ1n) is 10.8. The fourth-order valence-corrected chi connectivity index (χ4v) is 4.14. The molecule has 1 heterocycles. The summed E-state index contributed by atoms with van der Waals surface area (Å²) in [5.74, 6) is -0.00678. The van der Waals surface area contributed by atoms with E-state index in [1.165, 1.54) is 43.0 Å². The molecule has 0 saturated carbocycles. The highest BCUT2D eigenvalue weighted by molar-refractivity contribution is 7.99. The Morgan fingerprint density at radius 2 is 1.69 bits per heavy atom. The minimum absolute atomic E-state index is 0.0449. The highest BCUT2D eigenvalue weighted by Crippen LogP contribution is 2.29. The van der Waals surface area contributed by atoms with E-state index in [1.54, 1.807) is 30.3 Å². The Hall–Kier alpha value is -3.66. The van der Waals surface area contributed by atoms with Crippen molar-refractivity contribution in [3.63, 3.8) is 0 Å². The molecule has 0 unspecified atom stereocenters. The number of benzene rings is 2. The number of nitrogens with zero attached hydrogens (tertiary/aromatic N) is 3. The van der Waals surface area contributed by atoms with Crippen molar-refractivity contribution >= 4 is 29.3 Å². The van der Waals surface area contributed by atoms with E-state index in [0.717, 1.165) is 11.4 Å². The van der Waals surface area contributed by atoms with Gasteiger partial charge in [0.2, 0.25) is 11.8 Å². The number of aromatic nitrogens is 2. The van der Waals surface area contributed by atoms with E-state index >= 15 is 0 Å². The molecule has 1 aromatic heterocycles. The molecule has 10 heteroatoms. The number of hydrogen-bond donors (Lipinski definition) is 1. The van der Waals surface area contributed by atoms with Gasteiger partial charge >= 0.3 is 0 Å². The molecule has 3 aromatic rings. The van der Waals surface area contributed by atoms with Gasteiger partial charge in [-0.1, -0.05) is 23.9 Å². The average molecular weight is 499 g/mol.